The third-order valence-electron chi connectivity index (χ3n) is 9.70. The molecule has 0 unspecified atom stereocenters. The molecule has 1 aromatic rings. The molecule has 214 valence electrons. The maximum Gasteiger partial charge on any atom is 0.410 e. The molecule has 1 aromatic heterocycles. The quantitative estimate of drug-likeness (QED) is 0.283. The lowest BCUT2D eigenvalue weighted by Crippen LogP contribution is -2.57. The number of carbonyl (C=O) groups is 1. The molecule has 2 aliphatic carbocycles. The van der Waals surface area contributed by atoms with Crippen LogP contribution in [0.4, 0.5) is 4.79 Å². The second-order valence-electron chi connectivity index (χ2n) is 15.1. The Morgan fingerprint density at radius 3 is 2.34 bits per heavy atom. The summed E-state index contributed by atoms with van der Waals surface area (Å²) in [5.74, 6) is 1.20. The van der Waals surface area contributed by atoms with Gasteiger partial charge in [-0.1, -0.05) is 54.5 Å². The number of fused-ring (bicyclic) bond motifs is 1. The van der Waals surface area contributed by atoms with Crippen LogP contribution in [0.25, 0.3) is 0 Å². The van der Waals surface area contributed by atoms with Crippen molar-refractivity contribution < 1.29 is 23.1 Å². The first kappa shape index (κ1) is 29.4. The monoisotopic (exact) mass is 545 g/mol. The Hall–Kier alpha value is -1.57. The van der Waals surface area contributed by atoms with E-state index >= 15 is 0 Å². The standard InChI is InChI=1S/C31H51NO5Si/c1-21-19-30-20-32(26(33)36-27(3,4)5)16-18-35-31(30,24-14-17-34-25(21)24)15-13-23(30)22(2)37-38(12,28(6,7)8)29(9,10)11/h13-14,17,21-22H,15-16,18-20H2,1-12H3/t21-,22-,30+,31+/m1/s1. The SMILES string of the molecule is C[C@@H]1C[C@@]23CN(C(=O)OC(C)(C)C)CCO[C@@]2(CC=C3[C@@H](C)O[Si](C)(C(C)(C)C)C(C)(C)C)c2ccoc21. The predicted molar refractivity (Wildman–Crippen MR) is 154 cm³/mol. The fraction of sp³-hybridized carbons (Fsp3) is 0.774. The summed E-state index contributed by atoms with van der Waals surface area (Å²) in [5, 5.41) is 0.0982. The first-order valence-electron chi connectivity index (χ1n) is 14.4. The largest absolute Gasteiger partial charge is 0.469 e. The summed E-state index contributed by atoms with van der Waals surface area (Å²) in [6, 6.07) is 2.09. The average molecular weight is 546 g/mol. The molecule has 3 aliphatic rings. The number of carbonyl (C=O) groups excluding carboxylic acids is 1. The number of rotatable bonds is 3. The molecular weight excluding hydrogens is 494 g/mol. The molecule has 38 heavy (non-hydrogen) atoms. The van der Waals surface area contributed by atoms with Crippen LogP contribution in [-0.2, 0) is 19.5 Å². The minimum absolute atomic E-state index is 0.0491. The first-order valence-corrected chi connectivity index (χ1v) is 16.8. The molecule has 0 N–H and O–H groups in total. The molecule has 0 saturated carbocycles. The van der Waals surface area contributed by atoms with Crippen molar-refractivity contribution in [1.82, 2.24) is 4.90 Å². The van der Waals surface area contributed by atoms with Gasteiger partial charge in [0.1, 0.15) is 17.0 Å². The van der Waals surface area contributed by atoms with Crippen LogP contribution in [0.15, 0.2) is 28.4 Å². The predicted octanol–water partition coefficient (Wildman–Crippen LogP) is 8.15. The molecule has 2 heterocycles. The van der Waals surface area contributed by atoms with Crippen LogP contribution >= 0.6 is 0 Å². The van der Waals surface area contributed by atoms with Gasteiger partial charge in [0, 0.05) is 36.4 Å². The Bertz CT molecular complexity index is 1070. The summed E-state index contributed by atoms with van der Waals surface area (Å²) < 4.78 is 26.1. The summed E-state index contributed by atoms with van der Waals surface area (Å²) >= 11 is 0. The fourth-order valence-electron chi connectivity index (χ4n) is 7.41. The van der Waals surface area contributed by atoms with Crippen molar-refractivity contribution in [1.29, 1.82) is 0 Å². The van der Waals surface area contributed by atoms with Crippen molar-refractivity contribution in [2.45, 2.75) is 129 Å². The Morgan fingerprint density at radius 2 is 1.76 bits per heavy atom. The summed E-state index contributed by atoms with van der Waals surface area (Å²) in [7, 11) is -2.27. The van der Waals surface area contributed by atoms with E-state index in [0.29, 0.717) is 19.7 Å². The second-order valence-corrected chi connectivity index (χ2v) is 20.4. The Labute approximate surface area is 231 Å². The van der Waals surface area contributed by atoms with Crippen LogP contribution < -0.4 is 0 Å². The third kappa shape index (κ3) is 4.50. The maximum absolute atomic E-state index is 13.5. The van der Waals surface area contributed by atoms with Gasteiger partial charge in [-0.05, 0) is 62.4 Å². The van der Waals surface area contributed by atoms with Crippen molar-refractivity contribution >= 4 is 14.4 Å². The number of hydrogen-bond donors (Lipinski definition) is 0. The molecule has 7 heteroatoms. The zero-order chi connectivity index (χ0) is 28.5. The van der Waals surface area contributed by atoms with Crippen molar-refractivity contribution in [3.05, 3.63) is 35.3 Å². The van der Waals surface area contributed by atoms with E-state index in [2.05, 4.69) is 74.1 Å². The highest BCUT2D eigenvalue weighted by Crippen LogP contribution is 2.66. The molecular formula is C31H51NO5Si. The topological polar surface area (TPSA) is 61.1 Å². The fourth-order valence-corrected chi connectivity index (χ4v) is 11.2. The number of nitrogens with zero attached hydrogens (tertiary/aromatic N) is 1. The third-order valence-corrected chi connectivity index (χ3v) is 16.3. The van der Waals surface area contributed by atoms with E-state index in [-0.39, 0.29) is 28.2 Å². The zero-order valence-electron chi connectivity index (χ0n) is 25.9. The van der Waals surface area contributed by atoms with Crippen LogP contribution in [0.1, 0.15) is 106 Å². The van der Waals surface area contributed by atoms with Gasteiger partial charge < -0.3 is 23.2 Å². The van der Waals surface area contributed by atoms with E-state index in [0.717, 1.165) is 24.2 Å². The van der Waals surface area contributed by atoms with Crippen molar-refractivity contribution in [3.8, 4) is 0 Å². The summed E-state index contributed by atoms with van der Waals surface area (Å²) in [6.45, 7) is 28.0. The molecule has 1 fully saturated rings. The molecule has 6 nitrogen and oxygen atoms in total. The molecule has 0 radical (unpaired) electrons. The van der Waals surface area contributed by atoms with E-state index < -0.39 is 24.9 Å². The van der Waals surface area contributed by atoms with E-state index in [1.54, 1.807) is 6.26 Å². The van der Waals surface area contributed by atoms with Gasteiger partial charge in [0.25, 0.3) is 0 Å². The number of furan rings is 1. The van der Waals surface area contributed by atoms with Crippen molar-refractivity contribution in [2.24, 2.45) is 5.41 Å². The van der Waals surface area contributed by atoms with Crippen LogP contribution in [-0.4, -0.2) is 50.7 Å². The van der Waals surface area contributed by atoms with Crippen LogP contribution in [0.5, 0.6) is 0 Å². The van der Waals surface area contributed by atoms with Crippen molar-refractivity contribution in [2.75, 3.05) is 19.7 Å². The smallest absolute Gasteiger partial charge is 0.410 e. The Balaban J connectivity index is 1.81. The van der Waals surface area contributed by atoms with Crippen LogP contribution in [0, 0.1) is 5.41 Å². The second kappa shape index (κ2) is 9.24. The van der Waals surface area contributed by atoms with Gasteiger partial charge in [0.05, 0.1) is 19.0 Å². The molecule has 1 saturated heterocycles. The number of amides is 1. The molecule has 0 spiro atoms. The Kier molecular flexibility index (Phi) is 7.15. The highest BCUT2D eigenvalue weighted by Gasteiger charge is 2.66. The van der Waals surface area contributed by atoms with Crippen LogP contribution in [0.3, 0.4) is 0 Å². The van der Waals surface area contributed by atoms with E-state index in [4.69, 9.17) is 18.3 Å². The lowest BCUT2D eigenvalue weighted by atomic mass is 9.58. The lowest BCUT2D eigenvalue weighted by Gasteiger charge is -2.54. The highest BCUT2D eigenvalue weighted by atomic mass is 28.4. The molecule has 0 aromatic carbocycles. The number of ether oxygens (including phenoxy) is 2. The zero-order valence-corrected chi connectivity index (χ0v) is 26.9. The average Bonchev–Trinajstić information content (AvgIpc) is 3.31. The number of hydrogen-bond acceptors (Lipinski definition) is 5. The molecule has 1 amide bonds. The maximum atomic E-state index is 13.5. The molecule has 1 aliphatic heterocycles. The van der Waals surface area contributed by atoms with Gasteiger partial charge in [-0.3, -0.25) is 0 Å². The first-order chi connectivity index (χ1) is 17.3. The van der Waals surface area contributed by atoms with Crippen molar-refractivity contribution in [3.63, 3.8) is 0 Å². The highest BCUT2D eigenvalue weighted by molar-refractivity contribution is 6.78. The van der Waals surface area contributed by atoms with Crippen LogP contribution in [0.2, 0.25) is 16.6 Å². The minimum Gasteiger partial charge on any atom is -0.469 e. The van der Waals surface area contributed by atoms with Gasteiger partial charge in [0.15, 0.2) is 0 Å². The summed E-state index contributed by atoms with van der Waals surface area (Å²) in [4.78, 5) is 15.3. The van der Waals surface area contributed by atoms with Gasteiger partial charge in [-0.15, -0.1) is 0 Å². The molecule has 4 atom stereocenters. The van der Waals surface area contributed by atoms with Gasteiger partial charge in [-0.25, -0.2) is 4.79 Å². The minimum atomic E-state index is -2.27. The van der Waals surface area contributed by atoms with E-state index in [1.165, 1.54) is 5.57 Å². The normalized spacial score (nSPS) is 29.1. The van der Waals surface area contributed by atoms with E-state index in [1.807, 2.05) is 25.7 Å². The van der Waals surface area contributed by atoms with Gasteiger partial charge >= 0.3 is 6.09 Å². The molecule has 4 rings (SSSR count). The molecule has 0 bridgehead atoms. The summed E-state index contributed by atoms with van der Waals surface area (Å²) in [6.07, 6.45) is 5.36. The summed E-state index contributed by atoms with van der Waals surface area (Å²) in [5.41, 5.74) is 0.828. The van der Waals surface area contributed by atoms with Gasteiger partial charge in [0.2, 0.25) is 8.32 Å². The Morgan fingerprint density at radius 1 is 1.13 bits per heavy atom. The lowest BCUT2D eigenvalue weighted by molar-refractivity contribution is -0.120. The van der Waals surface area contributed by atoms with E-state index in [9.17, 15) is 4.79 Å². The van der Waals surface area contributed by atoms with Gasteiger partial charge in [-0.2, -0.15) is 0 Å².